The summed E-state index contributed by atoms with van der Waals surface area (Å²) in [7, 11) is 0. The lowest BCUT2D eigenvalue weighted by Gasteiger charge is -2.27. The van der Waals surface area contributed by atoms with Crippen LogP contribution in [-0.4, -0.2) is 22.8 Å². The Labute approximate surface area is 128 Å². The van der Waals surface area contributed by atoms with Crippen LogP contribution >= 0.6 is 0 Å². The summed E-state index contributed by atoms with van der Waals surface area (Å²) in [6.07, 6.45) is 5.72. The van der Waals surface area contributed by atoms with Crippen molar-refractivity contribution in [3.05, 3.63) is 35.4 Å². The van der Waals surface area contributed by atoms with Gasteiger partial charge < -0.3 is 4.84 Å². The molecule has 0 bridgehead atoms. The summed E-state index contributed by atoms with van der Waals surface area (Å²) in [4.78, 5) is 42.5. The first kappa shape index (κ1) is 13.5. The van der Waals surface area contributed by atoms with Crippen LogP contribution in [0.15, 0.2) is 24.3 Å². The number of fused-ring (bicyclic) bond motifs is 2. The van der Waals surface area contributed by atoms with Gasteiger partial charge in [-0.15, -0.1) is 0 Å². The highest BCUT2D eigenvalue weighted by Gasteiger charge is 2.54. The second-order valence-electron chi connectivity index (χ2n) is 6.47. The Balaban J connectivity index is 1.59. The number of rotatable bonds is 2. The van der Waals surface area contributed by atoms with Crippen molar-refractivity contribution in [3.8, 4) is 0 Å². The van der Waals surface area contributed by atoms with Gasteiger partial charge in [0, 0.05) is 0 Å². The van der Waals surface area contributed by atoms with E-state index in [9.17, 15) is 14.4 Å². The molecule has 2 amide bonds. The van der Waals surface area contributed by atoms with Crippen molar-refractivity contribution in [1.82, 2.24) is 5.06 Å². The molecule has 0 N–H and O–H groups in total. The normalized spacial score (nSPS) is 29.6. The van der Waals surface area contributed by atoms with Gasteiger partial charge in [0.25, 0.3) is 11.8 Å². The van der Waals surface area contributed by atoms with Crippen LogP contribution in [-0.2, 0) is 9.63 Å². The lowest BCUT2D eigenvalue weighted by molar-refractivity contribution is -0.182. The van der Waals surface area contributed by atoms with Gasteiger partial charge in [0.15, 0.2) is 0 Å². The van der Waals surface area contributed by atoms with Crippen molar-refractivity contribution in [2.45, 2.75) is 38.5 Å². The third-order valence-corrected chi connectivity index (χ3v) is 5.47. The van der Waals surface area contributed by atoms with Gasteiger partial charge in [0.2, 0.25) is 0 Å². The Hall–Kier alpha value is -2.17. The highest BCUT2D eigenvalue weighted by atomic mass is 16.7. The Morgan fingerprint density at radius 3 is 2.14 bits per heavy atom. The van der Waals surface area contributed by atoms with Crippen molar-refractivity contribution >= 4 is 17.8 Å². The molecule has 1 aromatic carbocycles. The average Bonchev–Trinajstić information content (AvgIpc) is 3.16. The number of hydroxylamine groups is 2. The molecule has 5 heteroatoms. The van der Waals surface area contributed by atoms with E-state index in [2.05, 4.69) is 0 Å². The van der Waals surface area contributed by atoms with Crippen molar-refractivity contribution in [3.63, 3.8) is 0 Å². The summed E-state index contributed by atoms with van der Waals surface area (Å²) in [5.74, 6) is -1.15. The molecule has 3 aliphatic rings. The molecule has 4 rings (SSSR count). The van der Waals surface area contributed by atoms with Gasteiger partial charge in [0.05, 0.1) is 16.5 Å². The molecule has 0 aromatic heterocycles. The monoisotopic (exact) mass is 299 g/mol. The van der Waals surface area contributed by atoms with Gasteiger partial charge in [-0.1, -0.05) is 30.0 Å². The molecule has 2 aliphatic carbocycles. The first-order valence-corrected chi connectivity index (χ1v) is 7.84. The minimum Gasteiger partial charge on any atom is -0.329 e. The molecular formula is C17H17NO4. The number of carbonyl (C=O) groups excluding carboxylic acids is 3. The molecule has 0 saturated heterocycles. The maximum absolute atomic E-state index is 12.7. The molecule has 2 saturated carbocycles. The minimum atomic E-state index is -0.544. The van der Waals surface area contributed by atoms with E-state index < -0.39 is 23.2 Å². The number of hydrogen-bond donors (Lipinski definition) is 0. The third kappa shape index (κ3) is 1.68. The van der Waals surface area contributed by atoms with Gasteiger partial charge in [0.1, 0.15) is 0 Å². The van der Waals surface area contributed by atoms with Crippen LogP contribution in [0.25, 0.3) is 0 Å². The average molecular weight is 299 g/mol. The van der Waals surface area contributed by atoms with Crippen molar-refractivity contribution in [1.29, 1.82) is 0 Å². The molecule has 114 valence electrons. The molecule has 0 spiro atoms. The summed E-state index contributed by atoms with van der Waals surface area (Å²) >= 11 is 0. The van der Waals surface area contributed by atoms with Crippen LogP contribution in [0.4, 0.5) is 0 Å². The van der Waals surface area contributed by atoms with E-state index in [0.717, 1.165) is 38.5 Å². The SMILES string of the molecule is O=C1c2ccccc2C(=O)N1OC(=O)C12CCCC1CCC2. The van der Waals surface area contributed by atoms with Crippen LogP contribution in [0.5, 0.6) is 0 Å². The molecule has 1 heterocycles. The smallest absolute Gasteiger partial charge is 0.329 e. The first-order valence-electron chi connectivity index (χ1n) is 7.84. The molecule has 0 radical (unpaired) electrons. The molecule has 1 aromatic rings. The standard InChI is InChI=1S/C17H17NO4/c19-14-12-7-1-2-8-13(12)15(20)18(14)22-16(21)17-9-3-5-11(17)6-4-10-17/h1-2,7-8,11H,3-6,9-10H2. The van der Waals surface area contributed by atoms with E-state index in [1.54, 1.807) is 24.3 Å². The Morgan fingerprint density at radius 2 is 1.59 bits per heavy atom. The van der Waals surface area contributed by atoms with Gasteiger partial charge in [-0.2, -0.15) is 0 Å². The van der Waals surface area contributed by atoms with Gasteiger partial charge >= 0.3 is 5.97 Å². The zero-order valence-electron chi connectivity index (χ0n) is 12.2. The van der Waals surface area contributed by atoms with Gasteiger partial charge in [-0.25, -0.2) is 4.79 Å². The zero-order valence-corrected chi connectivity index (χ0v) is 12.2. The lowest BCUT2D eigenvalue weighted by Crippen LogP contribution is -2.40. The Bertz CT molecular complexity index is 636. The molecular weight excluding hydrogens is 282 g/mol. The summed E-state index contributed by atoms with van der Waals surface area (Å²) in [6, 6.07) is 6.54. The summed E-state index contributed by atoms with van der Waals surface area (Å²) in [5, 5.41) is 0.648. The first-order chi connectivity index (χ1) is 10.6. The summed E-state index contributed by atoms with van der Waals surface area (Å²) in [6.45, 7) is 0. The largest absolute Gasteiger partial charge is 0.339 e. The maximum Gasteiger partial charge on any atom is 0.339 e. The maximum atomic E-state index is 12.7. The third-order valence-electron chi connectivity index (χ3n) is 5.47. The Kier molecular flexibility index (Phi) is 2.86. The van der Waals surface area contributed by atoms with Crippen LogP contribution in [0.3, 0.4) is 0 Å². The van der Waals surface area contributed by atoms with Gasteiger partial charge in [-0.3, -0.25) is 9.59 Å². The second kappa shape index (κ2) is 4.66. The van der Waals surface area contributed by atoms with E-state index >= 15 is 0 Å². The second-order valence-corrected chi connectivity index (χ2v) is 6.47. The van der Waals surface area contributed by atoms with Crippen LogP contribution in [0.1, 0.15) is 59.2 Å². The fraction of sp³-hybridized carbons (Fsp3) is 0.471. The van der Waals surface area contributed by atoms with E-state index in [4.69, 9.17) is 4.84 Å². The number of nitrogens with zero attached hydrogens (tertiary/aromatic N) is 1. The van der Waals surface area contributed by atoms with Crippen molar-refractivity contribution in [2.75, 3.05) is 0 Å². The van der Waals surface area contributed by atoms with E-state index in [-0.39, 0.29) is 0 Å². The van der Waals surface area contributed by atoms with Crippen LogP contribution in [0, 0.1) is 11.3 Å². The zero-order chi connectivity index (χ0) is 15.3. The highest BCUT2D eigenvalue weighted by Crippen LogP contribution is 2.55. The molecule has 0 atom stereocenters. The lowest BCUT2D eigenvalue weighted by atomic mass is 9.80. The van der Waals surface area contributed by atoms with E-state index in [1.807, 2.05) is 0 Å². The van der Waals surface area contributed by atoms with Crippen molar-refractivity contribution < 1.29 is 19.2 Å². The van der Waals surface area contributed by atoms with Gasteiger partial charge in [-0.05, 0) is 43.7 Å². The van der Waals surface area contributed by atoms with Crippen LogP contribution in [0.2, 0.25) is 0 Å². The Morgan fingerprint density at radius 1 is 1.05 bits per heavy atom. The van der Waals surface area contributed by atoms with Crippen LogP contribution < -0.4 is 0 Å². The van der Waals surface area contributed by atoms with E-state index in [0.29, 0.717) is 22.1 Å². The minimum absolute atomic E-state index is 0.298. The molecule has 2 fully saturated rings. The fourth-order valence-electron chi connectivity index (χ4n) is 4.35. The fourth-order valence-corrected chi connectivity index (χ4v) is 4.35. The molecule has 1 aliphatic heterocycles. The molecule has 0 unspecified atom stereocenters. The number of hydrogen-bond acceptors (Lipinski definition) is 4. The predicted molar refractivity (Wildman–Crippen MR) is 76.7 cm³/mol. The quantitative estimate of drug-likeness (QED) is 0.788. The van der Waals surface area contributed by atoms with E-state index in [1.165, 1.54) is 0 Å². The summed E-state index contributed by atoms with van der Waals surface area (Å²) in [5.41, 5.74) is 0.120. The predicted octanol–water partition coefficient (Wildman–Crippen LogP) is 2.71. The number of amides is 2. The summed E-state index contributed by atoms with van der Waals surface area (Å²) < 4.78 is 0. The molecule has 5 nitrogen and oxygen atoms in total. The molecule has 22 heavy (non-hydrogen) atoms. The highest BCUT2D eigenvalue weighted by molar-refractivity contribution is 6.20. The van der Waals surface area contributed by atoms with Crippen molar-refractivity contribution in [2.24, 2.45) is 11.3 Å². The number of benzene rings is 1. The topological polar surface area (TPSA) is 63.7 Å². The number of imide groups is 1. The number of carbonyl (C=O) groups is 3.